The van der Waals surface area contributed by atoms with Gasteiger partial charge < -0.3 is 15.2 Å². The van der Waals surface area contributed by atoms with Gasteiger partial charge in [0.25, 0.3) is 0 Å². The lowest BCUT2D eigenvalue weighted by atomic mass is 10.0. The number of rotatable bonds is 6. The van der Waals surface area contributed by atoms with Gasteiger partial charge in [-0.15, -0.1) is 0 Å². The Bertz CT molecular complexity index is 504. The number of fused-ring (bicyclic) bond motifs is 1. The lowest BCUT2D eigenvalue weighted by Crippen LogP contribution is -2.38. The highest BCUT2D eigenvalue weighted by Gasteiger charge is 2.22. The maximum Gasteiger partial charge on any atom is 0.179 e. The first-order valence-corrected chi connectivity index (χ1v) is 7.46. The van der Waals surface area contributed by atoms with Crippen molar-refractivity contribution >= 4 is 11.5 Å². The van der Waals surface area contributed by atoms with E-state index in [9.17, 15) is 4.79 Å². The minimum absolute atomic E-state index is 0.0477. The SMILES string of the molecule is CCC1CNc2cc(C(=O)C(C)N(C)CCO)ccc2O1. The van der Waals surface area contributed by atoms with Crippen LogP contribution >= 0.6 is 0 Å². The van der Waals surface area contributed by atoms with Crippen LogP contribution in [0.2, 0.25) is 0 Å². The van der Waals surface area contributed by atoms with E-state index in [1.165, 1.54) is 0 Å². The fourth-order valence-electron chi connectivity index (χ4n) is 2.39. The van der Waals surface area contributed by atoms with Gasteiger partial charge in [0.1, 0.15) is 11.9 Å². The summed E-state index contributed by atoms with van der Waals surface area (Å²) in [4.78, 5) is 14.3. The number of nitrogens with zero attached hydrogens (tertiary/aromatic N) is 1. The van der Waals surface area contributed by atoms with Gasteiger partial charge in [0.05, 0.1) is 24.9 Å². The van der Waals surface area contributed by atoms with Crippen molar-refractivity contribution in [3.63, 3.8) is 0 Å². The monoisotopic (exact) mass is 292 g/mol. The molecular formula is C16H24N2O3. The third-order valence-corrected chi connectivity index (χ3v) is 4.03. The number of Topliss-reactive ketones (excluding diaryl/α,β-unsaturated/α-hetero) is 1. The number of anilines is 1. The first-order valence-electron chi connectivity index (χ1n) is 7.46. The molecule has 0 radical (unpaired) electrons. The summed E-state index contributed by atoms with van der Waals surface area (Å²) in [6.07, 6.45) is 1.14. The first kappa shape index (κ1) is 15.8. The summed E-state index contributed by atoms with van der Waals surface area (Å²) in [5.74, 6) is 0.856. The Morgan fingerprint density at radius 1 is 1.57 bits per heavy atom. The summed E-state index contributed by atoms with van der Waals surface area (Å²) in [5.41, 5.74) is 1.54. The summed E-state index contributed by atoms with van der Waals surface area (Å²) in [5, 5.41) is 12.3. The minimum Gasteiger partial charge on any atom is -0.486 e. The standard InChI is InChI=1S/C16H24N2O3/c1-4-13-10-17-14-9-12(5-6-15(14)21-13)16(20)11(2)18(3)7-8-19/h5-6,9,11,13,17,19H,4,7-8,10H2,1-3H3. The number of carbonyl (C=O) groups is 1. The van der Waals surface area contributed by atoms with Gasteiger partial charge in [0.15, 0.2) is 5.78 Å². The van der Waals surface area contributed by atoms with E-state index in [0.29, 0.717) is 12.1 Å². The molecule has 1 aliphatic heterocycles. The van der Waals surface area contributed by atoms with Crippen LogP contribution in [0.25, 0.3) is 0 Å². The normalized spacial score (nSPS) is 18.6. The molecule has 116 valence electrons. The van der Waals surface area contributed by atoms with Gasteiger partial charge in [-0.2, -0.15) is 0 Å². The molecule has 0 aromatic heterocycles. The van der Waals surface area contributed by atoms with Crippen molar-refractivity contribution in [2.45, 2.75) is 32.4 Å². The summed E-state index contributed by atoms with van der Waals surface area (Å²) in [6, 6.07) is 5.26. The molecule has 5 nitrogen and oxygen atoms in total. The van der Waals surface area contributed by atoms with Gasteiger partial charge in [-0.3, -0.25) is 9.69 Å². The van der Waals surface area contributed by atoms with Crippen molar-refractivity contribution in [3.8, 4) is 5.75 Å². The number of hydrogen-bond acceptors (Lipinski definition) is 5. The van der Waals surface area contributed by atoms with Crippen LogP contribution in [0.1, 0.15) is 30.6 Å². The fraction of sp³-hybridized carbons (Fsp3) is 0.562. The Kier molecular flexibility index (Phi) is 5.20. The molecule has 2 atom stereocenters. The second-order valence-electron chi connectivity index (χ2n) is 5.48. The van der Waals surface area contributed by atoms with E-state index >= 15 is 0 Å². The van der Waals surface area contributed by atoms with Crippen LogP contribution in [0.4, 0.5) is 5.69 Å². The highest BCUT2D eigenvalue weighted by Crippen LogP contribution is 2.31. The van der Waals surface area contributed by atoms with Crippen LogP contribution in [-0.2, 0) is 0 Å². The molecule has 1 aromatic carbocycles. The number of aliphatic hydroxyl groups is 1. The van der Waals surface area contributed by atoms with E-state index in [1.807, 2.05) is 37.1 Å². The summed E-state index contributed by atoms with van der Waals surface area (Å²) >= 11 is 0. The lowest BCUT2D eigenvalue weighted by Gasteiger charge is -2.27. The number of carbonyl (C=O) groups excluding carboxylic acids is 1. The molecule has 1 aromatic rings. The molecule has 1 heterocycles. The van der Waals surface area contributed by atoms with Crippen molar-refractivity contribution in [2.75, 3.05) is 32.1 Å². The summed E-state index contributed by atoms with van der Waals surface area (Å²) < 4.78 is 5.85. The zero-order valence-corrected chi connectivity index (χ0v) is 12.9. The molecule has 0 amide bonds. The van der Waals surface area contributed by atoms with Crippen molar-refractivity contribution < 1.29 is 14.6 Å². The van der Waals surface area contributed by atoms with Gasteiger partial charge in [0.2, 0.25) is 0 Å². The topological polar surface area (TPSA) is 61.8 Å². The van der Waals surface area contributed by atoms with E-state index < -0.39 is 0 Å². The van der Waals surface area contributed by atoms with Crippen molar-refractivity contribution in [1.82, 2.24) is 4.90 Å². The molecule has 1 aliphatic rings. The van der Waals surface area contributed by atoms with Crippen molar-refractivity contribution in [1.29, 1.82) is 0 Å². The van der Waals surface area contributed by atoms with Crippen LogP contribution in [-0.4, -0.2) is 54.7 Å². The molecule has 2 N–H and O–H groups in total. The maximum absolute atomic E-state index is 12.5. The molecule has 0 bridgehead atoms. The molecule has 21 heavy (non-hydrogen) atoms. The fourth-order valence-corrected chi connectivity index (χ4v) is 2.39. The van der Waals surface area contributed by atoms with Crippen LogP contribution in [0, 0.1) is 0 Å². The van der Waals surface area contributed by atoms with Crippen LogP contribution < -0.4 is 10.1 Å². The number of nitrogens with one attached hydrogen (secondary N) is 1. The minimum atomic E-state index is -0.261. The Balaban J connectivity index is 2.13. The van der Waals surface area contributed by atoms with Gasteiger partial charge in [-0.25, -0.2) is 0 Å². The molecule has 2 rings (SSSR count). The highest BCUT2D eigenvalue weighted by molar-refractivity contribution is 6.01. The van der Waals surface area contributed by atoms with Gasteiger partial charge in [0, 0.05) is 12.1 Å². The van der Waals surface area contributed by atoms with Crippen LogP contribution in [0.15, 0.2) is 18.2 Å². The number of hydrogen-bond donors (Lipinski definition) is 2. The molecular weight excluding hydrogens is 268 g/mol. The van der Waals surface area contributed by atoms with E-state index in [0.717, 1.165) is 24.4 Å². The highest BCUT2D eigenvalue weighted by atomic mass is 16.5. The van der Waals surface area contributed by atoms with Crippen molar-refractivity contribution in [3.05, 3.63) is 23.8 Å². The van der Waals surface area contributed by atoms with E-state index in [2.05, 4.69) is 12.2 Å². The largest absolute Gasteiger partial charge is 0.486 e. The number of ketones is 1. The molecule has 5 heteroatoms. The Morgan fingerprint density at radius 3 is 3.00 bits per heavy atom. The Morgan fingerprint density at radius 2 is 2.33 bits per heavy atom. The quantitative estimate of drug-likeness (QED) is 0.782. The average Bonchev–Trinajstić information content (AvgIpc) is 2.52. The second kappa shape index (κ2) is 6.91. The van der Waals surface area contributed by atoms with E-state index in [1.54, 1.807) is 0 Å². The maximum atomic E-state index is 12.5. The average molecular weight is 292 g/mol. The van der Waals surface area contributed by atoms with Crippen LogP contribution in [0.5, 0.6) is 5.75 Å². The van der Waals surface area contributed by atoms with Gasteiger partial charge in [-0.05, 0) is 38.6 Å². The number of benzene rings is 1. The molecule has 2 unspecified atom stereocenters. The number of aliphatic hydroxyl groups excluding tert-OH is 1. The van der Waals surface area contributed by atoms with Gasteiger partial charge in [-0.1, -0.05) is 6.92 Å². The Labute approximate surface area is 125 Å². The molecule has 0 spiro atoms. The molecule has 0 saturated carbocycles. The predicted octanol–water partition coefficient (Wildman–Crippen LogP) is 1.76. The smallest absolute Gasteiger partial charge is 0.179 e. The predicted molar refractivity (Wildman–Crippen MR) is 83.1 cm³/mol. The molecule has 0 fully saturated rings. The zero-order chi connectivity index (χ0) is 15.4. The summed E-state index contributed by atoms with van der Waals surface area (Å²) in [6.45, 7) is 5.24. The molecule has 0 aliphatic carbocycles. The number of ether oxygens (including phenoxy) is 1. The molecule has 0 saturated heterocycles. The second-order valence-corrected chi connectivity index (χ2v) is 5.48. The lowest BCUT2D eigenvalue weighted by molar-refractivity contribution is 0.0848. The third-order valence-electron chi connectivity index (χ3n) is 4.03. The summed E-state index contributed by atoms with van der Waals surface area (Å²) in [7, 11) is 1.84. The zero-order valence-electron chi connectivity index (χ0n) is 12.9. The third kappa shape index (κ3) is 3.54. The van der Waals surface area contributed by atoms with Crippen molar-refractivity contribution in [2.24, 2.45) is 0 Å². The Hall–Kier alpha value is -1.59. The van der Waals surface area contributed by atoms with Crippen LogP contribution in [0.3, 0.4) is 0 Å². The van der Waals surface area contributed by atoms with E-state index in [-0.39, 0.29) is 24.5 Å². The van der Waals surface area contributed by atoms with Gasteiger partial charge >= 0.3 is 0 Å². The van der Waals surface area contributed by atoms with E-state index in [4.69, 9.17) is 9.84 Å². The first-order chi connectivity index (χ1) is 10.1. The number of likely N-dealkylation sites (N-methyl/N-ethyl adjacent to an activating group) is 1.